The molecule has 3 aliphatic rings. The number of nitrogens with zero attached hydrogens (tertiary/aromatic N) is 5. The Hall–Kier alpha value is -4.90. The number of hydrogen-bond acceptors (Lipinski definition) is 7. The maximum Gasteiger partial charge on any atom is 0.338 e. The number of amides is 2. The number of H-pyrrole nitrogens is 1. The molecule has 262 valence electrons. The molecule has 4 heterocycles. The molecular weight excluding hydrogens is 632 g/mol. The van der Waals surface area contributed by atoms with E-state index in [2.05, 4.69) is 33.8 Å². The Morgan fingerprint density at radius 1 is 0.880 bits per heavy atom. The van der Waals surface area contributed by atoms with Gasteiger partial charge in [-0.05, 0) is 86.5 Å². The summed E-state index contributed by atoms with van der Waals surface area (Å²) >= 11 is 0. The zero-order valence-corrected chi connectivity index (χ0v) is 28.8. The maximum atomic E-state index is 14.4. The number of ether oxygens (including phenoxy) is 1. The van der Waals surface area contributed by atoms with Crippen LogP contribution in [0.2, 0.25) is 0 Å². The lowest BCUT2D eigenvalue weighted by Gasteiger charge is -2.43. The Morgan fingerprint density at radius 3 is 2.40 bits per heavy atom. The smallest absolute Gasteiger partial charge is 0.338 e. The van der Waals surface area contributed by atoms with Crippen LogP contribution in [0.25, 0.3) is 11.0 Å². The Labute approximate surface area is 292 Å². The number of anilines is 1. The lowest BCUT2D eigenvalue weighted by Crippen LogP contribution is -2.56. The number of aromatic amines is 1. The van der Waals surface area contributed by atoms with E-state index in [4.69, 9.17) is 4.74 Å². The number of likely N-dealkylation sites (tertiary alicyclic amines) is 2. The number of para-hydroxylation sites is 3. The first-order valence-electron chi connectivity index (χ1n) is 17.9. The van der Waals surface area contributed by atoms with Gasteiger partial charge in [-0.25, -0.2) is 9.59 Å². The molecule has 50 heavy (non-hydrogen) atoms. The largest absolute Gasteiger partial charge is 0.452 e. The number of carbonyl (C=O) groups excluding carboxylic acids is 3. The molecule has 3 fully saturated rings. The SMILES string of the molecule is CC1CCN(C(=O)COC(=O)c2cccc(CN3CN(c4ccccc4)C4(CCN(CCCn5c(=O)[nH]c6ccccc65)CC4)C3=O)c2)CC1. The number of piperidine rings is 2. The number of fused-ring (bicyclic) bond motifs is 1. The monoisotopic (exact) mass is 678 g/mol. The second-order valence-corrected chi connectivity index (χ2v) is 14.1. The average molecular weight is 679 g/mol. The van der Waals surface area contributed by atoms with Gasteiger partial charge in [0.15, 0.2) is 6.61 Å². The van der Waals surface area contributed by atoms with Crippen LogP contribution in [0.5, 0.6) is 0 Å². The predicted octanol–water partition coefficient (Wildman–Crippen LogP) is 4.48. The van der Waals surface area contributed by atoms with E-state index >= 15 is 0 Å². The minimum atomic E-state index is -0.658. The van der Waals surface area contributed by atoms with Crippen LogP contribution in [-0.4, -0.2) is 93.6 Å². The molecule has 0 bridgehead atoms. The number of aromatic nitrogens is 2. The van der Waals surface area contributed by atoms with Gasteiger partial charge >= 0.3 is 11.7 Å². The standard InChI is InChI=1S/C39H46N6O5/c1-29-15-21-42(22-16-29)35(46)27-50-36(47)31-10-7-9-30(25-31)26-43-28-45(32-11-3-2-4-12-32)39(37(43)48)17-23-41(24-18-39)19-8-20-44-34-14-6-5-13-33(34)40-38(44)49/h2-7,9-14,25,29H,8,15-24,26-28H2,1H3,(H,40,49). The van der Waals surface area contributed by atoms with E-state index in [1.165, 1.54) is 0 Å². The molecule has 3 aromatic carbocycles. The number of aryl methyl sites for hydroxylation is 1. The second-order valence-electron chi connectivity index (χ2n) is 14.1. The fraction of sp³-hybridized carbons (Fsp3) is 0.436. The van der Waals surface area contributed by atoms with Crippen molar-refractivity contribution >= 4 is 34.5 Å². The summed E-state index contributed by atoms with van der Waals surface area (Å²) < 4.78 is 7.23. The predicted molar refractivity (Wildman–Crippen MR) is 192 cm³/mol. The number of benzene rings is 3. The first-order valence-corrected chi connectivity index (χ1v) is 17.9. The van der Waals surface area contributed by atoms with Gasteiger partial charge < -0.3 is 29.3 Å². The van der Waals surface area contributed by atoms with E-state index in [1.807, 2.05) is 53.4 Å². The highest BCUT2D eigenvalue weighted by Gasteiger charge is 2.53. The molecule has 1 N–H and O–H groups in total. The highest BCUT2D eigenvalue weighted by Crippen LogP contribution is 2.40. The van der Waals surface area contributed by atoms with Crippen molar-refractivity contribution in [1.29, 1.82) is 0 Å². The minimum Gasteiger partial charge on any atom is -0.452 e. The van der Waals surface area contributed by atoms with Crippen molar-refractivity contribution in [2.75, 3.05) is 50.9 Å². The third-order valence-electron chi connectivity index (χ3n) is 10.8. The van der Waals surface area contributed by atoms with Gasteiger partial charge in [-0.3, -0.25) is 14.2 Å². The summed E-state index contributed by atoms with van der Waals surface area (Å²) in [7, 11) is 0. The summed E-state index contributed by atoms with van der Waals surface area (Å²) in [5.74, 6) is 0.00488. The average Bonchev–Trinajstić information content (AvgIpc) is 3.60. The number of rotatable bonds is 10. The number of imidazole rings is 1. The van der Waals surface area contributed by atoms with Gasteiger partial charge in [0.05, 0.1) is 23.3 Å². The highest BCUT2D eigenvalue weighted by atomic mass is 16.5. The first-order chi connectivity index (χ1) is 24.3. The summed E-state index contributed by atoms with van der Waals surface area (Å²) in [6, 6.07) is 25.0. The summed E-state index contributed by atoms with van der Waals surface area (Å²) in [5, 5.41) is 0. The van der Waals surface area contributed by atoms with Crippen molar-refractivity contribution in [3.8, 4) is 0 Å². The first kappa shape index (κ1) is 33.6. The van der Waals surface area contributed by atoms with Crippen molar-refractivity contribution < 1.29 is 19.1 Å². The molecule has 0 saturated carbocycles. The normalized spacial score (nSPS) is 18.3. The molecule has 7 rings (SSSR count). The number of carbonyl (C=O) groups is 3. The van der Waals surface area contributed by atoms with Crippen molar-refractivity contribution in [3.05, 3.63) is 100 Å². The van der Waals surface area contributed by atoms with Crippen LogP contribution in [-0.2, 0) is 27.4 Å². The Balaban J connectivity index is 0.984. The van der Waals surface area contributed by atoms with E-state index in [9.17, 15) is 19.2 Å². The lowest BCUT2D eigenvalue weighted by atomic mass is 9.85. The van der Waals surface area contributed by atoms with Crippen LogP contribution < -0.4 is 10.6 Å². The number of esters is 1. The quantitative estimate of drug-likeness (QED) is 0.247. The van der Waals surface area contributed by atoms with Crippen molar-refractivity contribution in [1.82, 2.24) is 24.3 Å². The zero-order valence-electron chi connectivity index (χ0n) is 28.8. The lowest BCUT2D eigenvalue weighted by molar-refractivity contribution is -0.136. The molecule has 1 spiro atoms. The summed E-state index contributed by atoms with van der Waals surface area (Å²) in [4.78, 5) is 63.7. The van der Waals surface area contributed by atoms with Gasteiger partial charge in [0.25, 0.3) is 5.91 Å². The van der Waals surface area contributed by atoms with Crippen LogP contribution in [0, 0.1) is 5.92 Å². The molecule has 11 heteroatoms. The van der Waals surface area contributed by atoms with Crippen molar-refractivity contribution in [2.24, 2.45) is 5.92 Å². The van der Waals surface area contributed by atoms with Crippen LogP contribution >= 0.6 is 0 Å². The molecule has 1 aromatic heterocycles. The molecule has 4 aromatic rings. The molecule has 3 saturated heterocycles. The minimum absolute atomic E-state index is 0.0842. The van der Waals surface area contributed by atoms with Crippen LogP contribution in [0.1, 0.15) is 54.9 Å². The maximum absolute atomic E-state index is 14.4. The molecule has 3 aliphatic heterocycles. The molecule has 0 atom stereocenters. The Bertz CT molecular complexity index is 1890. The van der Waals surface area contributed by atoms with Crippen LogP contribution in [0.3, 0.4) is 0 Å². The van der Waals surface area contributed by atoms with Crippen LogP contribution in [0.4, 0.5) is 5.69 Å². The third-order valence-corrected chi connectivity index (χ3v) is 10.8. The van der Waals surface area contributed by atoms with Gasteiger partial charge in [-0.15, -0.1) is 0 Å². The highest BCUT2D eigenvalue weighted by molar-refractivity contribution is 5.94. The van der Waals surface area contributed by atoms with Crippen molar-refractivity contribution in [2.45, 2.75) is 57.7 Å². The number of hydrogen-bond donors (Lipinski definition) is 1. The molecule has 11 nitrogen and oxygen atoms in total. The van der Waals surface area contributed by atoms with E-state index in [1.54, 1.807) is 27.7 Å². The van der Waals surface area contributed by atoms with Gasteiger partial charge in [-0.1, -0.05) is 49.4 Å². The molecular formula is C39H46N6O5. The zero-order chi connectivity index (χ0) is 34.7. The molecule has 2 amide bonds. The van der Waals surface area contributed by atoms with E-state index in [-0.39, 0.29) is 24.1 Å². The summed E-state index contributed by atoms with van der Waals surface area (Å²) in [5.41, 5.74) is 3.24. The summed E-state index contributed by atoms with van der Waals surface area (Å²) in [6.07, 6.45) is 4.16. The molecule has 0 unspecified atom stereocenters. The molecule has 0 radical (unpaired) electrons. The summed E-state index contributed by atoms with van der Waals surface area (Å²) in [6.45, 7) is 7.16. The Kier molecular flexibility index (Phi) is 9.76. The van der Waals surface area contributed by atoms with Gasteiger partial charge in [0.1, 0.15) is 5.54 Å². The van der Waals surface area contributed by atoms with E-state index in [0.29, 0.717) is 57.2 Å². The fourth-order valence-electron chi connectivity index (χ4n) is 7.83. The topological polar surface area (TPSA) is 111 Å². The van der Waals surface area contributed by atoms with Gasteiger partial charge in [0, 0.05) is 45.0 Å². The van der Waals surface area contributed by atoms with E-state index in [0.717, 1.165) is 61.2 Å². The van der Waals surface area contributed by atoms with Crippen LogP contribution in [0.15, 0.2) is 83.7 Å². The third kappa shape index (κ3) is 6.92. The number of nitrogens with one attached hydrogen (secondary N) is 1. The van der Waals surface area contributed by atoms with Gasteiger partial charge in [0.2, 0.25) is 5.91 Å². The fourth-order valence-corrected chi connectivity index (χ4v) is 7.83. The van der Waals surface area contributed by atoms with Gasteiger partial charge in [-0.2, -0.15) is 0 Å². The Morgan fingerprint density at radius 2 is 1.62 bits per heavy atom. The molecule has 0 aliphatic carbocycles. The van der Waals surface area contributed by atoms with E-state index < -0.39 is 11.5 Å². The van der Waals surface area contributed by atoms with Crippen molar-refractivity contribution in [3.63, 3.8) is 0 Å². The second kappa shape index (κ2) is 14.5.